The van der Waals surface area contributed by atoms with Gasteiger partial charge >= 0.3 is 0 Å². The van der Waals surface area contributed by atoms with Crippen LogP contribution < -0.4 is 9.05 Å². The Kier molecular flexibility index (Phi) is 5.31. The van der Waals surface area contributed by atoms with Crippen LogP contribution in [0.1, 0.15) is 0 Å². The zero-order valence-electron chi connectivity index (χ0n) is 14.2. The van der Waals surface area contributed by atoms with Crippen LogP contribution in [0.25, 0.3) is 21.5 Å². The highest BCUT2D eigenvalue weighted by Gasteiger charge is 2.16. The molecule has 0 saturated heterocycles. The van der Waals surface area contributed by atoms with Gasteiger partial charge in [0.15, 0.2) is 0 Å². The van der Waals surface area contributed by atoms with E-state index < -0.39 is 0 Å². The predicted molar refractivity (Wildman–Crippen MR) is 117 cm³/mol. The first kappa shape index (κ1) is 17.6. The molecule has 5 heteroatoms. The lowest BCUT2D eigenvalue weighted by Crippen LogP contribution is -1.88. The maximum atomic E-state index is 5.96. The van der Waals surface area contributed by atoms with Crippen LogP contribution in [0, 0.1) is 0 Å². The Bertz CT molecular complexity index is 1080. The molecule has 0 fully saturated rings. The lowest BCUT2D eigenvalue weighted by molar-refractivity contribution is 0.620. The summed E-state index contributed by atoms with van der Waals surface area (Å²) in [6.45, 7) is 2.04. The van der Waals surface area contributed by atoms with Gasteiger partial charge in [-0.2, -0.15) is 0 Å². The first-order chi connectivity index (χ1) is 12.8. The molecule has 2 atom stereocenters. The van der Waals surface area contributed by atoms with Crippen molar-refractivity contribution in [2.45, 2.75) is 9.79 Å². The maximum absolute atomic E-state index is 5.96. The van der Waals surface area contributed by atoms with Gasteiger partial charge in [-0.25, -0.2) is 0 Å². The maximum Gasteiger partial charge on any atom is 0.137 e. The van der Waals surface area contributed by atoms with Gasteiger partial charge in [0.05, 0.1) is 28.1 Å². The summed E-state index contributed by atoms with van der Waals surface area (Å²) in [5.74, 6) is 1.76. The second-order valence-electron chi connectivity index (χ2n) is 5.75. The highest BCUT2D eigenvalue weighted by molar-refractivity contribution is 8.00. The van der Waals surface area contributed by atoms with Crippen molar-refractivity contribution in [3.8, 4) is 11.5 Å². The lowest BCUT2D eigenvalue weighted by Gasteiger charge is -2.16. The van der Waals surface area contributed by atoms with Gasteiger partial charge in [-0.1, -0.05) is 72.4 Å². The molecule has 26 heavy (non-hydrogen) atoms. The van der Waals surface area contributed by atoms with E-state index in [1.54, 1.807) is 11.8 Å². The first-order valence-corrected chi connectivity index (χ1v) is 10.9. The van der Waals surface area contributed by atoms with E-state index in [9.17, 15) is 0 Å². The third-order valence-corrected chi connectivity index (χ3v) is 6.16. The van der Waals surface area contributed by atoms with Crippen LogP contribution in [0.15, 0.2) is 82.6 Å². The molecule has 0 spiro atoms. The van der Waals surface area contributed by atoms with E-state index in [-0.39, 0.29) is 0 Å². The van der Waals surface area contributed by atoms with Crippen molar-refractivity contribution in [3.05, 3.63) is 72.8 Å². The van der Waals surface area contributed by atoms with Gasteiger partial charge in [-0.15, -0.1) is 0 Å². The number of hydrogen-bond acceptors (Lipinski definition) is 3. The van der Waals surface area contributed by atoms with E-state index in [2.05, 4.69) is 76.2 Å². The minimum Gasteiger partial charge on any atom is -0.479 e. The topological polar surface area (TPSA) is 18.5 Å². The van der Waals surface area contributed by atoms with Gasteiger partial charge in [-0.3, -0.25) is 0 Å². The van der Waals surface area contributed by atoms with Crippen LogP contribution in [-0.4, -0.2) is 6.66 Å². The van der Waals surface area contributed by atoms with Gasteiger partial charge in [0, 0.05) is 0 Å². The zero-order chi connectivity index (χ0) is 17.9. The van der Waals surface area contributed by atoms with E-state index in [1.807, 2.05) is 12.7 Å². The molecule has 130 valence electrons. The molecule has 0 aliphatic rings. The summed E-state index contributed by atoms with van der Waals surface area (Å²) in [6, 6.07) is 25.1. The normalized spacial score (nSPS) is 11.5. The molecule has 0 aromatic heterocycles. The zero-order valence-corrected chi connectivity index (χ0v) is 17.2. The van der Waals surface area contributed by atoms with Gasteiger partial charge in [0.2, 0.25) is 0 Å². The Morgan fingerprint density at radius 3 is 1.85 bits per heavy atom. The van der Waals surface area contributed by atoms with Crippen molar-refractivity contribution in [1.82, 2.24) is 0 Å². The largest absolute Gasteiger partial charge is 0.479 e. The molecule has 0 heterocycles. The number of hydrogen-bond donors (Lipinski definition) is 0. The van der Waals surface area contributed by atoms with E-state index in [0.29, 0.717) is 8.81 Å². The van der Waals surface area contributed by atoms with Crippen molar-refractivity contribution < 1.29 is 9.05 Å². The van der Waals surface area contributed by atoms with Gasteiger partial charge < -0.3 is 9.05 Å². The van der Waals surface area contributed by atoms with Gasteiger partial charge in [0.25, 0.3) is 0 Å². The fourth-order valence-electron chi connectivity index (χ4n) is 3.04. The van der Waals surface area contributed by atoms with E-state index in [1.165, 1.54) is 21.5 Å². The summed E-state index contributed by atoms with van der Waals surface area (Å²) in [5, 5.41) is 4.77. The second kappa shape index (κ2) is 7.84. The summed E-state index contributed by atoms with van der Waals surface area (Å²) in [5.41, 5.74) is 0. The van der Waals surface area contributed by atoms with Crippen LogP contribution in [0.2, 0.25) is 0 Å². The monoisotopic (exact) mass is 396 g/mol. The molecule has 4 rings (SSSR count). The van der Waals surface area contributed by atoms with Gasteiger partial charge in [0.1, 0.15) is 11.5 Å². The Morgan fingerprint density at radius 2 is 1.27 bits per heavy atom. The fourth-order valence-corrected chi connectivity index (χ4v) is 5.01. The summed E-state index contributed by atoms with van der Waals surface area (Å²) >= 11 is 1.71. The Hall–Kier alpha value is -1.79. The summed E-state index contributed by atoms with van der Waals surface area (Å²) in [6.07, 6.45) is 0. The highest BCUT2D eigenvalue weighted by atomic mass is 32.2. The average molecular weight is 396 g/mol. The standard InChI is InChI=1S/C21H18O2P2S/c1-25-23-19-13-11-15-7-3-5-9-17(15)21(19)26-20-16-8-4-2-6-14(16)10-12-18(20)22-24/h2-13,25H,24H2,1H3. The average Bonchev–Trinajstić information content (AvgIpc) is 2.70. The van der Waals surface area contributed by atoms with Crippen LogP contribution >= 0.6 is 30.0 Å². The van der Waals surface area contributed by atoms with Crippen molar-refractivity contribution in [3.63, 3.8) is 0 Å². The molecule has 2 unspecified atom stereocenters. The van der Waals surface area contributed by atoms with E-state index in [0.717, 1.165) is 21.3 Å². The fraction of sp³-hybridized carbons (Fsp3) is 0.0476. The smallest absolute Gasteiger partial charge is 0.137 e. The van der Waals surface area contributed by atoms with Crippen LogP contribution in [0.4, 0.5) is 0 Å². The molecule has 0 aliphatic heterocycles. The Labute approximate surface area is 161 Å². The summed E-state index contributed by atoms with van der Waals surface area (Å²) in [4.78, 5) is 2.22. The first-order valence-electron chi connectivity index (χ1n) is 8.23. The lowest BCUT2D eigenvalue weighted by atomic mass is 10.1. The molecule has 4 aromatic carbocycles. The SMILES string of the molecule is CPOc1ccc2ccccc2c1Sc1c(OP)ccc2ccccc12. The van der Waals surface area contributed by atoms with E-state index in [4.69, 9.17) is 9.05 Å². The molecular weight excluding hydrogens is 378 g/mol. The summed E-state index contributed by atoms with van der Waals surface area (Å²) in [7, 11) is 2.76. The molecule has 0 amide bonds. The van der Waals surface area contributed by atoms with E-state index >= 15 is 0 Å². The Balaban J connectivity index is 1.95. The molecule has 2 nitrogen and oxygen atoms in total. The molecule has 0 saturated carbocycles. The number of fused-ring (bicyclic) bond motifs is 2. The molecule has 0 N–H and O–H groups in total. The van der Waals surface area contributed by atoms with Crippen molar-refractivity contribution >= 4 is 51.6 Å². The molecule has 4 aromatic rings. The third kappa shape index (κ3) is 3.28. The summed E-state index contributed by atoms with van der Waals surface area (Å²) < 4.78 is 11.6. The number of rotatable bonds is 5. The van der Waals surface area contributed by atoms with Crippen LogP contribution in [-0.2, 0) is 0 Å². The minimum atomic E-state index is 0.394. The minimum absolute atomic E-state index is 0.394. The van der Waals surface area contributed by atoms with Crippen LogP contribution in [0.5, 0.6) is 11.5 Å². The molecular formula is C21H18O2P2S. The van der Waals surface area contributed by atoms with Crippen LogP contribution in [0.3, 0.4) is 0 Å². The predicted octanol–water partition coefficient (Wildman–Crippen LogP) is 6.92. The Morgan fingerprint density at radius 1 is 0.731 bits per heavy atom. The molecule has 0 radical (unpaired) electrons. The third-order valence-electron chi connectivity index (χ3n) is 4.23. The second-order valence-corrected chi connectivity index (χ2v) is 7.62. The number of benzene rings is 4. The molecule has 0 bridgehead atoms. The molecule has 0 aliphatic carbocycles. The highest BCUT2D eigenvalue weighted by Crippen LogP contribution is 2.47. The van der Waals surface area contributed by atoms with Gasteiger partial charge in [-0.05, 0) is 40.3 Å². The van der Waals surface area contributed by atoms with Crippen molar-refractivity contribution in [2.24, 2.45) is 0 Å². The van der Waals surface area contributed by atoms with Crippen molar-refractivity contribution in [2.75, 3.05) is 6.66 Å². The van der Waals surface area contributed by atoms with Crippen molar-refractivity contribution in [1.29, 1.82) is 0 Å². The quantitative estimate of drug-likeness (QED) is 0.341.